The Bertz CT molecular complexity index is 119. The van der Waals surface area contributed by atoms with Crippen LogP contribution in [0.4, 0.5) is 0 Å². The second kappa shape index (κ2) is 5.13. The van der Waals surface area contributed by atoms with Crippen LogP contribution in [0.15, 0.2) is 0 Å². The zero-order valence-electron chi connectivity index (χ0n) is 8.12. The van der Waals surface area contributed by atoms with E-state index in [0.717, 1.165) is 18.8 Å². The highest BCUT2D eigenvalue weighted by Crippen LogP contribution is 2.30. The summed E-state index contributed by atoms with van der Waals surface area (Å²) in [6, 6.07) is 0. The van der Waals surface area contributed by atoms with E-state index >= 15 is 0 Å². The summed E-state index contributed by atoms with van der Waals surface area (Å²) >= 11 is 1.95. The number of rotatable bonds is 4. The molecule has 0 aromatic carbocycles. The summed E-state index contributed by atoms with van der Waals surface area (Å²) < 4.78 is 0. The van der Waals surface area contributed by atoms with Gasteiger partial charge in [-0.1, -0.05) is 13.8 Å². The summed E-state index contributed by atoms with van der Waals surface area (Å²) in [7, 11) is 0. The molecule has 0 saturated carbocycles. The van der Waals surface area contributed by atoms with Crippen molar-refractivity contribution in [3.8, 4) is 0 Å². The summed E-state index contributed by atoms with van der Waals surface area (Å²) in [4.78, 5) is 0. The van der Waals surface area contributed by atoms with Crippen molar-refractivity contribution in [3.05, 3.63) is 0 Å². The van der Waals surface area contributed by atoms with E-state index in [2.05, 4.69) is 13.8 Å². The van der Waals surface area contributed by atoms with Crippen molar-refractivity contribution < 1.29 is 5.11 Å². The summed E-state index contributed by atoms with van der Waals surface area (Å²) in [5.74, 6) is 1.98. The van der Waals surface area contributed by atoms with E-state index in [0.29, 0.717) is 5.25 Å². The number of hydrogen-bond donors (Lipinski definition) is 1. The van der Waals surface area contributed by atoms with Crippen LogP contribution in [0.5, 0.6) is 0 Å². The van der Waals surface area contributed by atoms with E-state index in [1.807, 2.05) is 11.8 Å². The zero-order chi connectivity index (χ0) is 8.97. The molecule has 2 unspecified atom stereocenters. The van der Waals surface area contributed by atoms with Gasteiger partial charge in [0, 0.05) is 5.25 Å². The van der Waals surface area contributed by atoms with E-state index in [1.54, 1.807) is 0 Å². The second-order valence-corrected chi connectivity index (χ2v) is 5.44. The summed E-state index contributed by atoms with van der Waals surface area (Å²) in [6.07, 6.45) is 4.64. The molecule has 0 bridgehead atoms. The molecule has 0 amide bonds. The minimum Gasteiger partial charge on any atom is -0.392 e. The quantitative estimate of drug-likeness (QED) is 0.732. The number of thioether (sulfide) groups is 1. The summed E-state index contributed by atoms with van der Waals surface area (Å²) in [5, 5.41) is 10.3. The van der Waals surface area contributed by atoms with Crippen LogP contribution in [0.3, 0.4) is 0 Å². The van der Waals surface area contributed by atoms with Gasteiger partial charge in [-0.25, -0.2) is 0 Å². The van der Waals surface area contributed by atoms with Crippen LogP contribution in [0.1, 0.15) is 39.5 Å². The second-order valence-electron chi connectivity index (χ2n) is 4.09. The molecule has 2 atom stereocenters. The van der Waals surface area contributed by atoms with Gasteiger partial charge < -0.3 is 5.11 Å². The Kier molecular flexibility index (Phi) is 4.44. The first-order valence-electron chi connectivity index (χ1n) is 5.00. The van der Waals surface area contributed by atoms with Gasteiger partial charge in [-0.2, -0.15) is 11.8 Å². The molecule has 0 spiro atoms. The summed E-state index contributed by atoms with van der Waals surface area (Å²) in [6.45, 7) is 4.43. The largest absolute Gasteiger partial charge is 0.392 e. The lowest BCUT2D eigenvalue weighted by atomic mass is 10.0. The van der Waals surface area contributed by atoms with Gasteiger partial charge in [0.05, 0.1) is 6.10 Å². The van der Waals surface area contributed by atoms with Gasteiger partial charge in [-0.05, 0) is 37.4 Å². The molecule has 0 radical (unpaired) electrons. The summed E-state index contributed by atoms with van der Waals surface area (Å²) in [5.41, 5.74) is 0. The van der Waals surface area contributed by atoms with E-state index in [9.17, 15) is 5.11 Å². The van der Waals surface area contributed by atoms with E-state index < -0.39 is 0 Å². The van der Waals surface area contributed by atoms with Crippen LogP contribution in [-0.4, -0.2) is 22.2 Å². The molecule has 0 aliphatic carbocycles. The third-order valence-corrected chi connectivity index (χ3v) is 3.94. The number of hydrogen-bond acceptors (Lipinski definition) is 2. The maximum Gasteiger partial charge on any atom is 0.0658 e. The molecule has 1 fully saturated rings. The van der Waals surface area contributed by atoms with Crippen molar-refractivity contribution in [1.82, 2.24) is 0 Å². The van der Waals surface area contributed by atoms with Crippen molar-refractivity contribution in [2.24, 2.45) is 5.92 Å². The Balaban J connectivity index is 2.13. The normalized spacial score (nSPS) is 26.5. The number of aliphatic hydroxyl groups excluding tert-OH is 1. The molecular formula is C10H20OS. The first-order valence-corrected chi connectivity index (χ1v) is 6.04. The minimum atomic E-state index is -0.0418. The topological polar surface area (TPSA) is 20.2 Å². The average molecular weight is 188 g/mol. The third kappa shape index (κ3) is 3.36. The van der Waals surface area contributed by atoms with Gasteiger partial charge >= 0.3 is 0 Å². The molecule has 1 aliphatic rings. The van der Waals surface area contributed by atoms with Crippen LogP contribution in [0.2, 0.25) is 0 Å². The smallest absolute Gasteiger partial charge is 0.0658 e. The fourth-order valence-electron chi connectivity index (χ4n) is 1.60. The molecular weight excluding hydrogens is 168 g/mol. The molecule has 1 rings (SSSR count). The lowest BCUT2D eigenvalue weighted by molar-refractivity contribution is 0.152. The Labute approximate surface area is 79.9 Å². The van der Waals surface area contributed by atoms with Crippen molar-refractivity contribution in [3.63, 3.8) is 0 Å². The van der Waals surface area contributed by atoms with Gasteiger partial charge in [-0.15, -0.1) is 0 Å². The van der Waals surface area contributed by atoms with E-state index in [4.69, 9.17) is 0 Å². The van der Waals surface area contributed by atoms with Gasteiger partial charge in [-0.3, -0.25) is 0 Å². The highest BCUT2D eigenvalue weighted by atomic mass is 32.2. The predicted molar refractivity (Wildman–Crippen MR) is 55.6 cm³/mol. The molecule has 1 nitrogen and oxygen atoms in total. The molecule has 0 aromatic rings. The fourth-order valence-corrected chi connectivity index (χ4v) is 2.92. The van der Waals surface area contributed by atoms with Crippen molar-refractivity contribution in [1.29, 1.82) is 0 Å². The molecule has 72 valence electrons. The van der Waals surface area contributed by atoms with Gasteiger partial charge in [0.2, 0.25) is 0 Å². The molecule has 1 N–H and O–H groups in total. The maximum atomic E-state index is 9.78. The Morgan fingerprint density at radius 2 is 2.17 bits per heavy atom. The standard InChI is InChI=1S/C10H20OS/c1-8(2)5-6-9(11)10-4-3-7-12-10/h8-11H,3-7H2,1-2H3. The maximum absolute atomic E-state index is 9.78. The van der Waals surface area contributed by atoms with Crippen LogP contribution < -0.4 is 0 Å². The van der Waals surface area contributed by atoms with Crippen molar-refractivity contribution in [2.75, 3.05) is 5.75 Å². The minimum absolute atomic E-state index is 0.0418. The molecule has 12 heavy (non-hydrogen) atoms. The Morgan fingerprint density at radius 3 is 2.67 bits per heavy atom. The van der Waals surface area contributed by atoms with Crippen LogP contribution in [-0.2, 0) is 0 Å². The molecule has 2 heteroatoms. The highest BCUT2D eigenvalue weighted by Gasteiger charge is 2.23. The van der Waals surface area contributed by atoms with Crippen molar-refractivity contribution >= 4 is 11.8 Å². The van der Waals surface area contributed by atoms with Gasteiger partial charge in [0.25, 0.3) is 0 Å². The zero-order valence-corrected chi connectivity index (χ0v) is 8.94. The molecule has 1 saturated heterocycles. The van der Waals surface area contributed by atoms with Crippen LogP contribution in [0, 0.1) is 5.92 Å². The lowest BCUT2D eigenvalue weighted by Crippen LogP contribution is -2.20. The molecule has 1 heterocycles. The molecule has 1 aliphatic heterocycles. The first-order chi connectivity index (χ1) is 5.70. The van der Waals surface area contributed by atoms with Gasteiger partial charge in [0.15, 0.2) is 0 Å². The van der Waals surface area contributed by atoms with Crippen molar-refractivity contribution in [2.45, 2.75) is 50.9 Å². The Morgan fingerprint density at radius 1 is 1.42 bits per heavy atom. The third-order valence-electron chi connectivity index (χ3n) is 2.43. The fraction of sp³-hybridized carbons (Fsp3) is 1.00. The number of aliphatic hydroxyl groups is 1. The van der Waals surface area contributed by atoms with Gasteiger partial charge in [0.1, 0.15) is 0 Å². The predicted octanol–water partition coefficient (Wildman–Crippen LogP) is 2.68. The Hall–Kier alpha value is 0.310. The van der Waals surface area contributed by atoms with Crippen LogP contribution >= 0.6 is 11.8 Å². The monoisotopic (exact) mass is 188 g/mol. The highest BCUT2D eigenvalue weighted by molar-refractivity contribution is 8.00. The van der Waals surface area contributed by atoms with Crippen LogP contribution in [0.25, 0.3) is 0 Å². The first kappa shape index (κ1) is 10.4. The average Bonchev–Trinajstić information content (AvgIpc) is 2.51. The SMILES string of the molecule is CC(C)CCC(O)C1CCCS1. The van der Waals surface area contributed by atoms with E-state index in [1.165, 1.54) is 18.6 Å². The van der Waals surface area contributed by atoms with E-state index in [-0.39, 0.29) is 6.10 Å². The molecule has 0 aromatic heterocycles. The lowest BCUT2D eigenvalue weighted by Gasteiger charge is -2.17.